The predicted molar refractivity (Wildman–Crippen MR) is 126 cm³/mol. The molecule has 0 unspecified atom stereocenters. The average Bonchev–Trinajstić information content (AvgIpc) is 3.54. The number of methoxy groups -OCH3 is 1. The molecule has 1 saturated carbocycles. The normalized spacial score (nSPS) is 17.8. The van der Waals surface area contributed by atoms with Crippen LogP contribution in [0, 0.1) is 5.92 Å². The van der Waals surface area contributed by atoms with Crippen LogP contribution in [0.4, 0.5) is 0 Å². The lowest BCUT2D eigenvalue weighted by Gasteiger charge is -2.20. The first-order valence-electron chi connectivity index (χ1n) is 10.9. The number of hydrogen-bond acceptors (Lipinski definition) is 4. The third kappa shape index (κ3) is 5.41. The topological polar surface area (TPSA) is 54.6 Å². The fraction of sp³-hybridized carbons (Fsp3) is 0.400. The van der Waals surface area contributed by atoms with Gasteiger partial charge < -0.3 is 19.4 Å². The number of ether oxygens (including phenoxy) is 2. The molecular weight excluding hydrogens is 412 g/mol. The van der Waals surface area contributed by atoms with Crippen LogP contribution in [0.2, 0.25) is 5.02 Å². The maximum Gasteiger partial charge on any atom is 0.248 e. The first-order valence-corrected chi connectivity index (χ1v) is 11.3. The molecule has 0 aliphatic heterocycles. The third-order valence-electron chi connectivity index (χ3n) is 6.04. The molecule has 2 aromatic carbocycles. The van der Waals surface area contributed by atoms with Crippen LogP contribution in [0.1, 0.15) is 31.2 Å². The number of aromatic nitrogens is 1. The highest BCUT2D eigenvalue weighted by Crippen LogP contribution is 2.51. The van der Waals surface area contributed by atoms with Crippen molar-refractivity contribution in [3.8, 4) is 11.5 Å². The highest BCUT2D eigenvalue weighted by molar-refractivity contribution is 6.30. The van der Waals surface area contributed by atoms with E-state index in [-0.39, 0.29) is 5.56 Å². The Hall–Kier alpha value is -2.50. The number of hydrogen-bond donors (Lipinski definition) is 1. The van der Waals surface area contributed by atoms with Gasteiger partial charge in [-0.1, -0.05) is 18.5 Å². The van der Waals surface area contributed by atoms with E-state index in [9.17, 15) is 4.79 Å². The minimum Gasteiger partial charge on any atom is -0.496 e. The van der Waals surface area contributed by atoms with Crippen molar-refractivity contribution in [3.05, 3.63) is 69.5 Å². The Morgan fingerprint density at radius 1 is 1.16 bits per heavy atom. The van der Waals surface area contributed by atoms with Crippen molar-refractivity contribution in [1.82, 2.24) is 9.88 Å². The summed E-state index contributed by atoms with van der Waals surface area (Å²) >= 11 is 6.20. The minimum atomic E-state index is -0.1000. The molecule has 0 saturated heterocycles. The average molecular weight is 441 g/mol. The van der Waals surface area contributed by atoms with Crippen LogP contribution < -0.4 is 15.0 Å². The minimum absolute atomic E-state index is 0.1000. The first kappa shape index (κ1) is 21.7. The second-order valence-corrected chi connectivity index (χ2v) is 8.59. The van der Waals surface area contributed by atoms with Crippen molar-refractivity contribution < 1.29 is 9.47 Å². The summed E-state index contributed by atoms with van der Waals surface area (Å²) in [4.78, 5) is 16.8. The molecule has 6 heteroatoms. The van der Waals surface area contributed by atoms with Gasteiger partial charge in [0.2, 0.25) is 5.56 Å². The summed E-state index contributed by atoms with van der Waals surface area (Å²) in [5, 5.41) is 1.77. The molecule has 5 nitrogen and oxygen atoms in total. The van der Waals surface area contributed by atoms with Crippen molar-refractivity contribution in [2.45, 2.75) is 25.7 Å². The highest BCUT2D eigenvalue weighted by Gasteiger charge is 2.40. The van der Waals surface area contributed by atoms with E-state index in [2.05, 4.69) is 16.8 Å². The van der Waals surface area contributed by atoms with E-state index in [0.717, 1.165) is 53.5 Å². The number of rotatable bonds is 10. The Bertz CT molecular complexity index is 1100. The van der Waals surface area contributed by atoms with E-state index >= 15 is 0 Å². The van der Waals surface area contributed by atoms with Crippen LogP contribution in [0.15, 0.2) is 53.3 Å². The van der Waals surface area contributed by atoms with Gasteiger partial charge in [0.1, 0.15) is 11.5 Å². The van der Waals surface area contributed by atoms with Gasteiger partial charge in [0.25, 0.3) is 0 Å². The molecule has 1 aromatic heterocycles. The summed E-state index contributed by atoms with van der Waals surface area (Å²) in [5.41, 5.74) is 1.93. The second-order valence-electron chi connectivity index (χ2n) is 8.16. The summed E-state index contributed by atoms with van der Waals surface area (Å²) < 4.78 is 11.5. The fourth-order valence-electron chi connectivity index (χ4n) is 4.23. The SMILES string of the molecule is CCN(CCCOc1ccc2ccc(=O)[nH]c2c1)C[C@@H]1C[C@H]1c1cc(Cl)ccc1OC. The number of nitrogens with zero attached hydrogens (tertiary/aromatic N) is 1. The van der Waals surface area contributed by atoms with Gasteiger partial charge in [-0.3, -0.25) is 4.79 Å². The van der Waals surface area contributed by atoms with Crippen LogP contribution in [0.5, 0.6) is 11.5 Å². The van der Waals surface area contributed by atoms with Crippen molar-refractivity contribution in [3.63, 3.8) is 0 Å². The molecule has 1 aliphatic carbocycles. The van der Waals surface area contributed by atoms with Crippen LogP contribution in [-0.2, 0) is 0 Å². The van der Waals surface area contributed by atoms with Gasteiger partial charge in [-0.25, -0.2) is 0 Å². The third-order valence-corrected chi connectivity index (χ3v) is 6.27. The molecule has 0 amide bonds. The van der Waals surface area contributed by atoms with Gasteiger partial charge in [0.05, 0.1) is 19.2 Å². The lowest BCUT2D eigenvalue weighted by molar-refractivity contribution is 0.234. The van der Waals surface area contributed by atoms with E-state index < -0.39 is 0 Å². The number of H-pyrrole nitrogens is 1. The number of fused-ring (bicyclic) bond motifs is 1. The molecule has 1 heterocycles. The smallest absolute Gasteiger partial charge is 0.248 e. The van der Waals surface area contributed by atoms with E-state index in [0.29, 0.717) is 18.4 Å². The Morgan fingerprint density at radius 3 is 2.81 bits per heavy atom. The molecule has 3 aromatic rings. The van der Waals surface area contributed by atoms with E-state index in [1.807, 2.05) is 42.5 Å². The van der Waals surface area contributed by atoms with Gasteiger partial charge in [0.15, 0.2) is 0 Å². The van der Waals surface area contributed by atoms with E-state index in [1.54, 1.807) is 7.11 Å². The zero-order valence-corrected chi connectivity index (χ0v) is 18.8. The van der Waals surface area contributed by atoms with E-state index in [4.69, 9.17) is 21.1 Å². The summed E-state index contributed by atoms with van der Waals surface area (Å²) in [6, 6.07) is 15.1. The van der Waals surface area contributed by atoms with Crippen LogP contribution in [0.3, 0.4) is 0 Å². The van der Waals surface area contributed by atoms with Crippen LogP contribution in [-0.4, -0.2) is 43.2 Å². The van der Waals surface area contributed by atoms with Gasteiger partial charge in [-0.15, -0.1) is 0 Å². The molecule has 0 spiro atoms. The summed E-state index contributed by atoms with van der Waals surface area (Å²) in [7, 11) is 1.72. The standard InChI is InChI=1S/C25H29ClN2O3/c1-3-28(16-18-13-21(18)22-14-19(26)7-9-24(22)30-2)11-4-12-31-20-8-5-17-6-10-25(29)27-23(17)15-20/h5-10,14-15,18,21H,3-4,11-13,16H2,1-2H3,(H,27,29)/t18-,21+/m0/s1. The summed E-state index contributed by atoms with van der Waals surface area (Å²) in [6.45, 7) is 5.95. The van der Waals surface area contributed by atoms with Crippen molar-refractivity contribution >= 4 is 22.5 Å². The van der Waals surface area contributed by atoms with Gasteiger partial charge in [0, 0.05) is 30.2 Å². The maximum absolute atomic E-state index is 11.5. The van der Waals surface area contributed by atoms with Gasteiger partial charge in [-0.2, -0.15) is 0 Å². The zero-order valence-electron chi connectivity index (χ0n) is 18.1. The molecule has 1 N–H and O–H groups in total. The summed E-state index contributed by atoms with van der Waals surface area (Å²) in [6.07, 6.45) is 2.13. The number of benzene rings is 2. The summed E-state index contributed by atoms with van der Waals surface area (Å²) in [5.74, 6) is 2.89. The van der Waals surface area contributed by atoms with Crippen molar-refractivity contribution in [1.29, 1.82) is 0 Å². The molecular formula is C25H29ClN2O3. The number of halogens is 1. The molecule has 0 radical (unpaired) electrons. The molecule has 4 rings (SSSR count). The second kappa shape index (κ2) is 9.75. The molecule has 31 heavy (non-hydrogen) atoms. The van der Waals surface area contributed by atoms with Crippen molar-refractivity contribution in [2.24, 2.45) is 5.92 Å². The Morgan fingerprint density at radius 2 is 2.00 bits per heavy atom. The van der Waals surface area contributed by atoms with Crippen LogP contribution in [0.25, 0.3) is 10.9 Å². The first-order chi connectivity index (χ1) is 15.1. The molecule has 1 aliphatic rings. The monoisotopic (exact) mass is 440 g/mol. The molecule has 1 fully saturated rings. The van der Waals surface area contributed by atoms with Gasteiger partial charge in [-0.05, 0) is 78.6 Å². The largest absolute Gasteiger partial charge is 0.496 e. The Labute approximate surface area is 187 Å². The van der Waals surface area contributed by atoms with Crippen molar-refractivity contribution in [2.75, 3.05) is 33.4 Å². The fourth-order valence-corrected chi connectivity index (χ4v) is 4.41. The van der Waals surface area contributed by atoms with E-state index in [1.165, 1.54) is 18.1 Å². The molecule has 0 bridgehead atoms. The number of pyridine rings is 1. The quantitative estimate of drug-likeness (QED) is 0.446. The lowest BCUT2D eigenvalue weighted by atomic mass is 10.1. The molecule has 2 atom stereocenters. The van der Waals surface area contributed by atoms with Gasteiger partial charge >= 0.3 is 0 Å². The number of nitrogens with one attached hydrogen (secondary N) is 1. The Kier molecular flexibility index (Phi) is 6.83. The zero-order chi connectivity index (χ0) is 21.8. The van der Waals surface area contributed by atoms with Crippen LogP contribution >= 0.6 is 11.6 Å². The highest BCUT2D eigenvalue weighted by atomic mass is 35.5. The number of aromatic amines is 1. The molecule has 164 valence electrons. The predicted octanol–water partition coefficient (Wildman–Crippen LogP) is 5.08. The maximum atomic E-state index is 11.5. The lowest BCUT2D eigenvalue weighted by Crippen LogP contribution is -2.28. The Balaban J connectivity index is 1.25.